The van der Waals surface area contributed by atoms with E-state index >= 15 is 0 Å². The van der Waals surface area contributed by atoms with Crippen molar-refractivity contribution in [1.29, 1.82) is 0 Å². The Labute approximate surface area is 151 Å². The number of halogens is 1. The highest BCUT2D eigenvalue weighted by Gasteiger charge is 2.18. The van der Waals surface area contributed by atoms with Crippen LogP contribution in [0.25, 0.3) is 0 Å². The van der Waals surface area contributed by atoms with Crippen LogP contribution in [0.4, 0.5) is 5.69 Å². The van der Waals surface area contributed by atoms with Crippen LogP contribution in [0.5, 0.6) is 5.75 Å². The molecule has 2 aromatic rings. The summed E-state index contributed by atoms with van der Waals surface area (Å²) in [7, 11) is -3.71. The largest absolute Gasteiger partial charge is 0.477 e. The van der Waals surface area contributed by atoms with Crippen molar-refractivity contribution < 1.29 is 22.7 Å². The summed E-state index contributed by atoms with van der Waals surface area (Å²) in [5.74, 6) is -0.252. The monoisotopic (exact) mass is 383 g/mol. The second-order valence-electron chi connectivity index (χ2n) is 5.08. The van der Waals surface area contributed by atoms with E-state index in [1.54, 1.807) is 32.0 Å². The van der Waals surface area contributed by atoms with E-state index < -0.39 is 22.1 Å². The number of carbonyl (C=O) groups excluding carboxylic acids is 1. The molecule has 1 unspecified atom stereocenters. The highest BCUT2D eigenvalue weighted by Crippen LogP contribution is 2.29. The van der Waals surface area contributed by atoms with Gasteiger partial charge in [0, 0.05) is 0 Å². The number of benzene rings is 2. The van der Waals surface area contributed by atoms with E-state index in [2.05, 4.69) is 4.72 Å². The Bertz CT molecular complexity index is 839. The molecule has 1 N–H and O–H groups in total. The van der Waals surface area contributed by atoms with Gasteiger partial charge in [-0.25, -0.2) is 13.2 Å². The van der Waals surface area contributed by atoms with Gasteiger partial charge in [-0.05, 0) is 44.2 Å². The topological polar surface area (TPSA) is 81.7 Å². The van der Waals surface area contributed by atoms with Crippen molar-refractivity contribution in [2.45, 2.75) is 24.8 Å². The molecule has 0 fully saturated rings. The highest BCUT2D eigenvalue weighted by molar-refractivity contribution is 7.92. The van der Waals surface area contributed by atoms with Gasteiger partial charge in [-0.2, -0.15) is 0 Å². The van der Waals surface area contributed by atoms with Crippen molar-refractivity contribution in [3.8, 4) is 5.75 Å². The van der Waals surface area contributed by atoms with Crippen LogP contribution in [-0.4, -0.2) is 27.1 Å². The summed E-state index contributed by atoms with van der Waals surface area (Å²) in [6, 6.07) is 12.4. The average molecular weight is 384 g/mol. The fourth-order valence-corrected chi connectivity index (χ4v) is 3.27. The van der Waals surface area contributed by atoms with Crippen molar-refractivity contribution >= 4 is 33.3 Å². The summed E-state index contributed by atoms with van der Waals surface area (Å²) < 4.78 is 37.3. The van der Waals surface area contributed by atoms with Crippen LogP contribution < -0.4 is 9.46 Å². The van der Waals surface area contributed by atoms with E-state index in [4.69, 9.17) is 21.1 Å². The summed E-state index contributed by atoms with van der Waals surface area (Å²) in [6.45, 7) is 3.49. The van der Waals surface area contributed by atoms with Gasteiger partial charge in [0.2, 0.25) is 0 Å². The number of esters is 1. The fourth-order valence-electron chi connectivity index (χ4n) is 1.97. The van der Waals surface area contributed by atoms with Crippen LogP contribution >= 0.6 is 11.6 Å². The van der Waals surface area contributed by atoms with Crippen molar-refractivity contribution in [2.75, 3.05) is 11.3 Å². The molecule has 0 radical (unpaired) electrons. The quantitative estimate of drug-likeness (QED) is 0.740. The number of hydrogen-bond donors (Lipinski definition) is 1. The summed E-state index contributed by atoms with van der Waals surface area (Å²) in [6.07, 6.45) is -0.829. The Kier molecular flexibility index (Phi) is 6.27. The number of hydrogen-bond acceptors (Lipinski definition) is 5. The summed E-state index contributed by atoms with van der Waals surface area (Å²) in [4.78, 5) is 11.7. The molecule has 2 rings (SSSR count). The number of ether oxygens (including phenoxy) is 2. The van der Waals surface area contributed by atoms with Crippen LogP contribution in [0.3, 0.4) is 0 Å². The molecule has 134 valence electrons. The third kappa shape index (κ3) is 5.11. The van der Waals surface area contributed by atoms with Crippen LogP contribution in [0.1, 0.15) is 13.8 Å². The number of nitrogens with one attached hydrogen (secondary N) is 1. The molecule has 8 heteroatoms. The zero-order valence-corrected chi connectivity index (χ0v) is 15.3. The fraction of sp³-hybridized carbons (Fsp3) is 0.235. The normalized spacial score (nSPS) is 12.3. The third-order valence-electron chi connectivity index (χ3n) is 3.16. The SMILES string of the molecule is CCOC(=O)C(C)Oc1ccc(NS(=O)(=O)c2ccccc2)cc1Cl. The van der Waals surface area contributed by atoms with Crippen molar-refractivity contribution in [3.63, 3.8) is 0 Å². The zero-order valence-electron chi connectivity index (χ0n) is 13.7. The lowest BCUT2D eigenvalue weighted by Crippen LogP contribution is -2.26. The van der Waals surface area contributed by atoms with Gasteiger partial charge in [0.15, 0.2) is 6.10 Å². The van der Waals surface area contributed by atoms with Crippen molar-refractivity contribution in [2.24, 2.45) is 0 Å². The Hall–Kier alpha value is -2.25. The minimum atomic E-state index is -3.71. The lowest BCUT2D eigenvalue weighted by atomic mass is 10.3. The molecule has 6 nitrogen and oxygen atoms in total. The number of sulfonamides is 1. The Balaban J connectivity index is 2.13. The minimum absolute atomic E-state index is 0.141. The van der Waals surface area contributed by atoms with E-state index in [9.17, 15) is 13.2 Å². The number of rotatable bonds is 7. The molecule has 25 heavy (non-hydrogen) atoms. The van der Waals surface area contributed by atoms with Gasteiger partial charge < -0.3 is 9.47 Å². The van der Waals surface area contributed by atoms with Gasteiger partial charge in [0.1, 0.15) is 5.75 Å². The predicted molar refractivity (Wildman–Crippen MR) is 95.4 cm³/mol. The van der Waals surface area contributed by atoms with Crippen molar-refractivity contribution in [1.82, 2.24) is 0 Å². The predicted octanol–water partition coefficient (Wildman–Crippen LogP) is 3.47. The maximum Gasteiger partial charge on any atom is 0.347 e. The lowest BCUT2D eigenvalue weighted by Gasteiger charge is -2.15. The molecule has 0 aliphatic carbocycles. The Morgan fingerprint density at radius 1 is 1.20 bits per heavy atom. The second-order valence-corrected chi connectivity index (χ2v) is 7.17. The molecular formula is C17H18ClNO5S. The summed E-state index contributed by atoms with van der Waals surface area (Å²) in [5.41, 5.74) is 0.282. The highest BCUT2D eigenvalue weighted by atomic mass is 35.5. The maximum absolute atomic E-state index is 12.3. The van der Waals surface area contributed by atoms with Crippen LogP contribution in [0.2, 0.25) is 5.02 Å². The van der Waals surface area contributed by atoms with E-state index in [1.807, 2.05) is 0 Å². The molecule has 0 aromatic heterocycles. The van der Waals surface area contributed by atoms with Gasteiger partial charge in [0.05, 0.1) is 22.2 Å². The first kappa shape index (κ1) is 19.1. The molecular weight excluding hydrogens is 366 g/mol. The van der Waals surface area contributed by atoms with Gasteiger partial charge >= 0.3 is 5.97 Å². The van der Waals surface area contributed by atoms with E-state index in [-0.39, 0.29) is 28.0 Å². The maximum atomic E-state index is 12.3. The Morgan fingerprint density at radius 3 is 2.48 bits per heavy atom. The average Bonchev–Trinajstić information content (AvgIpc) is 2.58. The molecule has 0 saturated carbocycles. The first-order chi connectivity index (χ1) is 11.8. The van der Waals surface area contributed by atoms with Crippen LogP contribution in [-0.2, 0) is 19.6 Å². The summed E-state index contributed by atoms with van der Waals surface area (Å²) >= 11 is 6.12. The van der Waals surface area contributed by atoms with Gasteiger partial charge in [-0.3, -0.25) is 4.72 Å². The smallest absolute Gasteiger partial charge is 0.347 e. The van der Waals surface area contributed by atoms with E-state index in [0.29, 0.717) is 0 Å². The molecule has 0 spiro atoms. The van der Waals surface area contributed by atoms with Crippen LogP contribution in [0.15, 0.2) is 53.4 Å². The molecule has 0 aliphatic rings. The summed E-state index contributed by atoms with van der Waals surface area (Å²) in [5, 5.41) is 0.171. The van der Waals surface area contributed by atoms with E-state index in [0.717, 1.165) is 0 Å². The van der Waals surface area contributed by atoms with Crippen molar-refractivity contribution in [3.05, 3.63) is 53.6 Å². The molecule has 0 aliphatic heterocycles. The first-order valence-electron chi connectivity index (χ1n) is 7.54. The minimum Gasteiger partial charge on any atom is -0.477 e. The Morgan fingerprint density at radius 2 is 1.88 bits per heavy atom. The molecule has 2 aromatic carbocycles. The molecule has 0 saturated heterocycles. The first-order valence-corrected chi connectivity index (χ1v) is 9.40. The molecule has 1 atom stereocenters. The molecule has 0 heterocycles. The van der Waals surface area contributed by atoms with Gasteiger partial charge in [0.25, 0.3) is 10.0 Å². The standard InChI is InChI=1S/C17H18ClNO5S/c1-3-23-17(20)12(2)24-16-10-9-13(11-15(16)18)19-25(21,22)14-7-5-4-6-8-14/h4-12,19H,3H2,1-2H3. The zero-order chi connectivity index (χ0) is 18.4. The van der Waals surface area contributed by atoms with Gasteiger partial charge in [-0.1, -0.05) is 29.8 Å². The number of carbonyl (C=O) groups is 1. The molecule has 0 bridgehead atoms. The second kappa shape index (κ2) is 8.22. The van der Waals surface area contributed by atoms with E-state index in [1.165, 1.54) is 30.3 Å². The van der Waals surface area contributed by atoms with Crippen LogP contribution in [0, 0.1) is 0 Å². The lowest BCUT2D eigenvalue weighted by molar-refractivity contribution is -0.150. The van der Waals surface area contributed by atoms with Gasteiger partial charge in [-0.15, -0.1) is 0 Å². The number of anilines is 1. The molecule has 0 amide bonds. The third-order valence-corrected chi connectivity index (χ3v) is 4.85.